The van der Waals surface area contributed by atoms with Gasteiger partial charge >= 0.3 is 0 Å². The number of fused-ring (bicyclic) bond motifs is 1. The van der Waals surface area contributed by atoms with Gasteiger partial charge in [0.25, 0.3) is 5.91 Å². The minimum atomic E-state index is -4.27. The van der Waals surface area contributed by atoms with Crippen molar-refractivity contribution >= 4 is 43.8 Å². The molecule has 2 atom stereocenters. The molecule has 13 heteroatoms. The molecule has 1 amide bonds. The van der Waals surface area contributed by atoms with Gasteiger partial charge in [0.05, 0.1) is 27.5 Å². The topological polar surface area (TPSA) is 120 Å². The molecule has 3 N–H and O–H groups in total. The molecule has 43 heavy (non-hydrogen) atoms. The standard InChI is InChI=1S/C30H36F2N6O4S/c1-18(17-42-6)33-28-14-22(38(5)19(2)16-37(3)4)7-9-25(28)30(39)34-29-26-15-23(8-10-27(26)35-36-29)43(40,41)24-12-20(31)11-21(32)13-24/h7-15,18-19,33H,16-17H2,1-6H3,(H2,34,35,36,39)/t18-,19?/m1/s1. The SMILES string of the molecule is COC[C@@H](C)Nc1cc(N(C)C(C)CN(C)C)ccc1C(=O)Nc1n[nH]c2ccc(S(=O)(=O)c3cc(F)cc(F)c3)cc12. The van der Waals surface area contributed by atoms with Crippen LogP contribution >= 0.6 is 0 Å². The number of rotatable bonds is 12. The van der Waals surface area contributed by atoms with E-state index in [1.165, 1.54) is 18.2 Å². The maximum absolute atomic E-state index is 13.8. The van der Waals surface area contributed by atoms with Crippen molar-refractivity contribution in [1.29, 1.82) is 0 Å². The summed E-state index contributed by atoms with van der Waals surface area (Å²) in [6.07, 6.45) is 0. The fraction of sp³-hybridized carbons (Fsp3) is 0.333. The summed E-state index contributed by atoms with van der Waals surface area (Å²) in [5.41, 5.74) is 2.29. The van der Waals surface area contributed by atoms with Crippen LogP contribution in [0, 0.1) is 11.6 Å². The lowest BCUT2D eigenvalue weighted by Crippen LogP contribution is -2.37. The van der Waals surface area contributed by atoms with E-state index in [0.717, 1.165) is 24.4 Å². The van der Waals surface area contributed by atoms with Gasteiger partial charge in [-0.05, 0) is 76.5 Å². The minimum absolute atomic E-state index is 0.0964. The van der Waals surface area contributed by atoms with Gasteiger partial charge in [0, 0.05) is 55.6 Å². The summed E-state index contributed by atoms with van der Waals surface area (Å²) < 4.78 is 59.2. The smallest absolute Gasteiger partial charge is 0.258 e. The molecule has 0 saturated carbocycles. The molecule has 10 nitrogen and oxygen atoms in total. The first-order chi connectivity index (χ1) is 20.3. The Morgan fingerprint density at radius 2 is 1.70 bits per heavy atom. The van der Waals surface area contributed by atoms with E-state index in [0.29, 0.717) is 34.8 Å². The maximum Gasteiger partial charge on any atom is 0.258 e. The molecule has 4 aromatic rings. The van der Waals surface area contributed by atoms with Gasteiger partial charge in [0.15, 0.2) is 5.82 Å². The average molecular weight is 615 g/mol. The number of carbonyl (C=O) groups excluding carboxylic acids is 1. The normalized spacial score (nSPS) is 13.2. The Morgan fingerprint density at radius 1 is 1.00 bits per heavy atom. The molecule has 0 radical (unpaired) electrons. The van der Waals surface area contributed by atoms with Crippen LogP contribution in [0.4, 0.5) is 26.0 Å². The number of ether oxygens (including phenoxy) is 1. The molecule has 0 aliphatic carbocycles. The monoisotopic (exact) mass is 614 g/mol. The Hall–Kier alpha value is -4.07. The molecule has 0 saturated heterocycles. The van der Waals surface area contributed by atoms with Crippen LogP contribution in [0.15, 0.2) is 64.4 Å². The molecule has 0 bridgehead atoms. The van der Waals surface area contributed by atoms with E-state index >= 15 is 0 Å². The highest BCUT2D eigenvalue weighted by molar-refractivity contribution is 7.91. The van der Waals surface area contributed by atoms with Crippen molar-refractivity contribution in [3.8, 4) is 0 Å². The van der Waals surface area contributed by atoms with Crippen LogP contribution in [-0.4, -0.2) is 82.9 Å². The summed E-state index contributed by atoms with van der Waals surface area (Å²) in [7, 11) is 3.34. The number of halogens is 2. The van der Waals surface area contributed by atoms with E-state index in [-0.39, 0.29) is 22.8 Å². The molecule has 230 valence electrons. The number of H-pyrrole nitrogens is 1. The highest BCUT2D eigenvalue weighted by Gasteiger charge is 2.23. The minimum Gasteiger partial charge on any atom is -0.383 e. The number of benzene rings is 3. The van der Waals surface area contributed by atoms with Gasteiger partial charge in [-0.3, -0.25) is 9.89 Å². The quantitative estimate of drug-likeness (QED) is 0.209. The molecule has 1 aromatic heterocycles. The van der Waals surface area contributed by atoms with Gasteiger partial charge in [-0.25, -0.2) is 17.2 Å². The van der Waals surface area contributed by atoms with Crippen molar-refractivity contribution < 1.29 is 26.7 Å². The second-order valence-corrected chi connectivity index (χ2v) is 12.7. The number of nitrogens with one attached hydrogen (secondary N) is 3. The fourth-order valence-electron chi connectivity index (χ4n) is 4.78. The second kappa shape index (κ2) is 13.1. The third-order valence-corrected chi connectivity index (χ3v) is 8.72. The third-order valence-electron chi connectivity index (χ3n) is 6.99. The number of anilines is 3. The first-order valence-electron chi connectivity index (χ1n) is 13.6. The number of methoxy groups -OCH3 is 1. The summed E-state index contributed by atoms with van der Waals surface area (Å²) >= 11 is 0. The van der Waals surface area contributed by atoms with Crippen LogP contribution < -0.4 is 15.5 Å². The third kappa shape index (κ3) is 7.29. The lowest BCUT2D eigenvalue weighted by Gasteiger charge is -2.30. The molecule has 1 unspecified atom stereocenters. The van der Waals surface area contributed by atoms with Gasteiger partial charge < -0.3 is 25.2 Å². The molecule has 0 fully saturated rings. The van der Waals surface area contributed by atoms with Gasteiger partial charge in [0.1, 0.15) is 11.6 Å². The van der Waals surface area contributed by atoms with Crippen LogP contribution in [0.2, 0.25) is 0 Å². The van der Waals surface area contributed by atoms with Gasteiger partial charge in [-0.2, -0.15) is 5.10 Å². The molecular formula is C30H36F2N6O4S. The van der Waals surface area contributed by atoms with E-state index in [1.807, 2.05) is 40.2 Å². The predicted molar refractivity (Wildman–Crippen MR) is 164 cm³/mol. The number of hydrogen-bond donors (Lipinski definition) is 3. The summed E-state index contributed by atoms with van der Waals surface area (Å²) in [5, 5.41) is 13.4. The highest BCUT2D eigenvalue weighted by Crippen LogP contribution is 2.30. The van der Waals surface area contributed by atoms with Gasteiger partial charge in [0.2, 0.25) is 9.84 Å². The van der Waals surface area contributed by atoms with Crippen molar-refractivity contribution in [2.24, 2.45) is 0 Å². The lowest BCUT2D eigenvalue weighted by molar-refractivity contribution is 0.102. The zero-order valence-corrected chi connectivity index (χ0v) is 25.7. The lowest BCUT2D eigenvalue weighted by atomic mass is 10.1. The molecule has 4 rings (SSSR count). The van der Waals surface area contributed by atoms with E-state index in [9.17, 15) is 22.0 Å². The molecule has 0 aliphatic rings. The van der Waals surface area contributed by atoms with E-state index in [2.05, 4.69) is 37.6 Å². The van der Waals surface area contributed by atoms with Crippen molar-refractivity contribution in [2.45, 2.75) is 35.7 Å². The predicted octanol–water partition coefficient (Wildman–Crippen LogP) is 4.76. The second-order valence-electron chi connectivity index (χ2n) is 10.8. The van der Waals surface area contributed by atoms with Gasteiger partial charge in [-0.15, -0.1) is 0 Å². The van der Waals surface area contributed by atoms with Crippen LogP contribution in [-0.2, 0) is 14.6 Å². The Kier molecular flexibility index (Phi) is 9.68. The van der Waals surface area contributed by atoms with Crippen LogP contribution in [0.1, 0.15) is 24.2 Å². The fourth-order valence-corrected chi connectivity index (χ4v) is 6.11. The number of amides is 1. The molecule has 1 heterocycles. The summed E-state index contributed by atoms with van der Waals surface area (Å²) in [4.78, 5) is 17.1. The number of aromatic nitrogens is 2. The van der Waals surface area contributed by atoms with E-state index in [4.69, 9.17) is 4.74 Å². The molecular weight excluding hydrogens is 578 g/mol. The summed E-state index contributed by atoms with van der Waals surface area (Å²) in [5.74, 6) is -2.40. The van der Waals surface area contributed by atoms with Crippen LogP contribution in [0.3, 0.4) is 0 Å². The first kappa shape index (κ1) is 31.9. The van der Waals surface area contributed by atoms with E-state index < -0.39 is 32.3 Å². The Labute approximate surface area is 249 Å². The Balaban J connectivity index is 1.67. The molecule has 0 spiro atoms. The number of carbonyl (C=O) groups is 1. The van der Waals surface area contributed by atoms with Crippen LogP contribution in [0.25, 0.3) is 10.9 Å². The first-order valence-corrected chi connectivity index (χ1v) is 15.1. The Bertz CT molecular complexity index is 1710. The number of sulfone groups is 1. The summed E-state index contributed by atoms with van der Waals surface area (Å²) in [6, 6.07) is 11.7. The van der Waals surface area contributed by atoms with Gasteiger partial charge in [-0.1, -0.05) is 0 Å². The van der Waals surface area contributed by atoms with Crippen molar-refractivity contribution in [2.75, 3.05) is 56.9 Å². The zero-order chi connectivity index (χ0) is 31.5. The summed E-state index contributed by atoms with van der Waals surface area (Å²) in [6.45, 7) is 5.29. The number of aromatic amines is 1. The number of likely N-dealkylation sites (N-methyl/N-ethyl adjacent to an activating group) is 2. The van der Waals surface area contributed by atoms with Crippen molar-refractivity contribution in [3.05, 3.63) is 71.8 Å². The molecule has 0 aliphatic heterocycles. The zero-order valence-electron chi connectivity index (χ0n) is 24.9. The maximum atomic E-state index is 13.8. The van der Waals surface area contributed by atoms with E-state index in [1.54, 1.807) is 13.2 Å². The van der Waals surface area contributed by atoms with Crippen molar-refractivity contribution in [3.63, 3.8) is 0 Å². The number of nitrogens with zero attached hydrogens (tertiary/aromatic N) is 3. The Morgan fingerprint density at radius 3 is 2.35 bits per heavy atom. The number of hydrogen-bond acceptors (Lipinski definition) is 8. The molecule has 3 aromatic carbocycles. The highest BCUT2D eigenvalue weighted by atomic mass is 32.2. The largest absolute Gasteiger partial charge is 0.383 e. The average Bonchev–Trinajstić information content (AvgIpc) is 3.33. The van der Waals surface area contributed by atoms with Crippen LogP contribution in [0.5, 0.6) is 0 Å². The van der Waals surface area contributed by atoms with Crippen molar-refractivity contribution in [1.82, 2.24) is 15.1 Å².